The summed E-state index contributed by atoms with van der Waals surface area (Å²) in [4.78, 5) is 23.5. The average molecular weight is 536 g/mol. The number of rotatable bonds is 3. The zero-order chi connectivity index (χ0) is 27.6. The molecule has 0 N–H and O–H groups in total. The third kappa shape index (κ3) is 3.40. The summed E-state index contributed by atoms with van der Waals surface area (Å²) in [6.07, 6.45) is 7.36. The van der Waals surface area contributed by atoms with Crippen molar-refractivity contribution in [1.82, 2.24) is 24.9 Å². The van der Waals surface area contributed by atoms with Crippen molar-refractivity contribution >= 4 is 54.1 Å². The number of hydrogen-bond acceptors (Lipinski definition) is 5. The van der Waals surface area contributed by atoms with Gasteiger partial charge in [-0.2, -0.15) is 0 Å². The van der Waals surface area contributed by atoms with E-state index in [1.165, 1.54) is 26.9 Å². The van der Waals surface area contributed by atoms with Gasteiger partial charge in [0.25, 0.3) is 0 Å². The Balaban J connectivity index is 1.18. The van der Waals surface area contributed by atoms with E-state index in [9.17, 15) is 0 Å². The molecule has 0 bridgehead atoms. The Morgan fingerprint density at radius 2 is 1.02 bits per heavy atom. The summed E-state index contributed by atoms with van der Waals surface area (Å²) in [5.41, 5.74) is 6.72. The van der Waals surface area contributed by atoms with Gasteiger partial charge in [-0.1, -0.05) is 72.8 Å². The Morgan fingerprint density at radius 3 is 1.79 bits per heavy atom. The Hall–Kier alpha value is -5.81. The first-order valence-electron chi connectivity index (χ1n) is 13.9. The maximum atomic E-state index is 4.98. The smallest absolute Gasteiger partial charge is 0.159 e. The second kappa shape index (κ2) is 8.85. The third-order valence-electron chi connectivity index (χ3n) is 8.24. The van der Waals surface area contributed by atoms with Crippen molar-refractivity contribution in [2.45, 2.75) is 0 Å². The van der Waals surface area contributed by atoms with E-state index in [1.807, 2.05) is 30.6 Å². The maximum Gasteiger partial charge on any atom is 0.159 e. The maximum absolute atomic E-state index is 4.98. The molecule has 0 aliphatic rings. The normalized spacial score (nSPS) is 11.8. The Bertz CT molecular complexity index is 2450. The number of aromatic nitrogens is 5. The van der Waals surface area contributed by atoms with E-state index in [0.717, 1.165) is 61.1 Å². The number of hydrogen-bond donors (Lipinski definition) is 0. The summed E-state index contributed by atoms with van der Waals surface area (Å²) < 4.78 is 0. The van der Waals surface area contributed by atoms with Crippen molar-refractivity contribution in [2.75, 3.05) is 0 Å². The number of nitrogens with zero attached hydrogens (tertiary/aromatic N) is 5. The van der Waals surface area contributed by atoms with E-state index in [2.05, 4.69) is 99.9 Å². The molecule has 5 nitrogen and oxygen atoms in total. The molecule has 0 saturated carbocycles. The summed E-state index contributed by atoms with van der Waals surface area (Å²) in [5, 5.41) is 9.41. The van der Waals surface area contributed by atoms with Crippen LogP contribution in [0, 0.1) is 0 Å². The second-order valence-corrected chi connectivity index (χ2v) is 10.6. The minimum absolute atomic E-state index is 0.738. The van der Waals surface area contributed by atoms with Gasteiger partial charge in [0.1, 0.15) is 0 Å². The van der Waals surface area contributed by atoms with Crippen molar-refractivity contribution in [3.63, 3.8) is 0 Å². The van der Waals surface area contributed by atoms with Crippen molar-refractivity contribution < 1.29 is 0 Å². The highest BCUT2D eigenvalue weighted by Crippen LogP contribution is 2.41. The second-order valence-electron chi connectivity index (χ2n) is 10.6. The van der Waals surface area contributed by atoms with Gasteiger partial charge in [-0.05, 0) is 68.2 Å². The van der Waals surface area contributed by atoms with E-state index in [0.29, 0.717) is 0 Å². The average Bonchev–Trinajstić information content (AvgIpc) is 3.07. The van der Waals surface area contributed by atoms with Crippen LogP contribution in [0.2, 0.25) is 0 Å². The van der Waals surface area contributed by atoms with Gasteiger partial charge in [-0.25, -0.2) is 15.0 Å². The van der Waals surface area contributed by atoms with Crippen LogP contribution < -0.4 is 0 Å². The summed E-state index contributed by atoms with van der Waals surface area (Å²) in [6, 6.07) is 35.9. The Morgan fingerprint density at radius 1 is 0.405 bits per heavy atom. The highest BCUT2D eigenvalue weighted by Gasteiger charge is 2.16. The molecule has 0 saturated heterocycles. The Labute approximate surface area is 240 Å². The lowest BCUT2D eigenvalue weighted by atomic mass is 9.88. The molecule has 194 valence electrons. The predicted octanol–water partition coefficient (Wildman–Crippen LogP) is 8.87. The van der Waals surface area contributed by atoms with Gasteiger partial charge in [0, 0.05) is 46.7 Å². The van der Waals surface area contributed by atoms with Crippen LogP contribution in [-0.4, -0.2) is 24.9 Å². The van der Waals surface area contributed by atoms with Gasteiger partial charge in [0.2, 0.25) is 0 Å². The fraction of sp³-hybridized carbons (Fsp3) is 0. The first-order valence-corrected chi connectivity index (χ1v) is 13.9. The van der Waals surface area contributed by atoms with E-state index in [1.54, 1.807) is 12.4 Å². The van der Waals surface area contributed by atoms with E-state index >= 15 is 0 Å². The molecule has 0 radical (unpaired) electrons. The molecule has 0 aliphatic heterocycles. The summed E-state index contributed by atoms with van der Waals surface area (Å²) in [7, 11) is 0. The van der Waals surface area contributed by atoms with Crippen LogP contribution in [-0.2, 0) is 0 Å². The van der Waals surface area contributed by atoms with Crippen molar-refractivity contribution in [1.29, 1.82) is 0 Å². The molecule has 0 amide bonds. The molecule has 4 aromatic heterocycles. The predicted molar refractivity (Wildman–Crippen MR) is 170 cm³/mol. The molecule has 0 spiro atoms. The van der Waals surface area contributed by atoms with Crippen LogP contribution in [0.5, 0.6) is 0 Å². The fourth-order valence-corrected chi connectivity index (χ4v) is 6.26. The molecule has 5 heteroatoms. The molecule has 0 unspecified atom stereocenters. The Kier molecular flexibility index (Phi) is 4.83. The van der Waals surface area contributed by atoms with Crippen LogP contribution >= 0.6 is 0 Å². The van der Waals surface area contributed by atoms with E-state index < -0.39 is 0 Å². The van der Waals surface area contributed by atoms with Gasteiger partial charge in [-0.3, -0.25) is 9.97 Å². The molecule has 9 rings (SSSR count). The molecule has 9 aromatic rings. The minimum Gasteiger partial charge on any atom is -0.254 e. The van der Waals surface area contributed by atoms with E-state index in [-0.39, 0.29) is 0 Å². The molecule has 0 fully saturated rings. The van der Waals surface area contributed by atoms with Crippen LogP contribution in [0.3, 0.4) is 0 Å². The van der Waals surface area contributed by atoms with Gasteiger partial charge in [-0.15, -0.1) is 0 Å². The van der Waals surface area contributed by atoms with Crippen molar-refractivity contribution in [3.8, 4) is 33.9 Å². The highest BCUT2D eigenvalue weighted by molar-refractivity contribution is 6.27. The molecule has 4 heterocycles. The van der Waals surface area contributed by atoms with Crippen molar-refractivity contribution in [3.05, 3.63) is 128 Å². The zero-order valence-corrected chi connectivity index (χ0v) is 22.4. The molecule has 0 atom stereocenters. The lowest BCUT2D eigenvalue weighted by molar-refractivity contribution is 1.18. The molecule has 0 aliphatic carbocycles. The van der Waals surface area contributed by atoms with Gasteiger partial charge >= 0.3 is 0 Å². The highest BCUT2D eigenvalue weighted by atomic mass is 14.9. The molecule has 5 aromatic carbocycles. The SMILES string of the molecule is c1cnc(-c2ccc3ccc4c(-c5ccc(-c6ccc7ccc8cccnc8c7n6)nc5)ccc5ccc2c3c54)nc1. The van der Waals surface area contributed by atoms with Gasteiger partial charge in [0.15, 0.2) is 5.82 Å². The fourth-order valence-electron chi connectivity index (χ4n) is 6.26. The number of pyridine rings is 3. The van der Waals surface area contributed by atoms with Crippen LogP contribution in [0.1, 0.15) is 0 Å². The molecular weight excluding hydrogens is 514 g/mol. The topological polar surface area (TPSA) is 64.5 Å². The van der Waals surface area contributed by atoms with Crippen molar-refractivity contribution in [2.24, 2.45) is 0 Å². The van der Waals surface area contributed by atoms with Gasteiger partial charge in [0.05, 0.1) is 22.4 Å². The monoisotopic (exact) mass is 535 g/mol. The summed E-state index contributed by atoms with van der Waals surface area (Å²) in [6.45, 7) is 0. The minimum atomic E-state index is 0.738. The van der Waals surface area contributed by atoms with E-state index in [4.69, 9.17) is 9.97 Å². The summed E-state index contributed by atoms with van der Waals surface area (Å²) >= 11 is 0. The van der Waals surface area contributed by atoms with Crippen LogP contribution in [0.15, 0.2) is 128 Å². The van der Waals surface area contributed by atoms with Gasteiger partial charge < -0.3 is 0 Å². The molecular formula is C37H21N5. The summed E-state index contributed by atoms with van der Waals surface area (Å²) in [5.74, 6) is 0.738. The number of benzene rings is 5. The molecule has 42 heavy (non-hydrogen) atoms. The zero-order valence-electron chi connectivity index (χ0n) is 22.4. The third-order valence-corrected chi connectivity index (χ3v) is 8.24. The quantitative estimate of drug-likeness (QED) is 0.211. The number of fused-ring (bicyclic) bond motifs is 3. The lowest BCUT2D eigenvalue weighted by Crippen LogP contribution is -1.93. The van der Waals surface area contributed by atoms with Crippen LogP contribution in [0.25, 0.3) is 88.0 Å². The standard InChI is InChI=1S/C37H21N5/c1-3-24-4-5-25-10-17-32(42-36(25)35(24)38-18-1)31-16-11-26(21-41-31)27-12-6-22-8-14-29-30(37-39-19-2-20-40-37)15-9-23-7-13-28(27)33(22)34(23)29/h1-21H. The lowest BCUT2D eigenvalue weighted by Gasteiger charge is -2.16. The first kappa shape index (κ1) is 22.9. The van der Waals surface area contributed by atoms with Crippen LogP contribution in [0.4, 0.5) is 0 Å². The largest absolute Gasteiger partial charge is 0.254 e. The first-order chi connectivity index (χ1) is 20.8.